The van der Waals surface area contributed by atoms with Gasteiger partial charge in [0.2, 0.25) is 11.8 Å². The third-order valence-corrected chi connectivity index (χ3v) is 7.80. The predicted octanol–water partition coefficient (Wildman–Crippen LogP) is 4.00. The molecule has 0 aliphatic carbocycles. The number of hydrogen-bond acceptors (Lipinski definition) is 6. The Morgan fingerprint density at radius 3 is 2.35 bits per heavy atom. The molecule has 226 valence electrons. The van der Waals surface area contributed by atoms with E-state index in [9.17, 15) is 27.6 Å². The fourth-order valence-corrected chi connectivity index (χ4v) is 4.59. The SMILES string of the molecule is CN[C@@H](C)C(=O)N[C@@H](CN(CC[C@H](C)CC[C@H](C)C(=O)N[C@@H]1CCOc2ccccc21)C(C)C(F)(F)F)C(C)=O. The maximum Gasteiger partial charge on any atom is 0.403 e. The van der Waals surface area contributed by atoms with Gasteiger partial charge in [-0.05, 0) is 65.6 Å². The lowest BCUT2D eigenvalue weighted by Crippen LogP contribution is -2.55. The third-order valence-electron chi connectivity index (χ3n) is 7.80. The monoisotopic (exact) mass is 570 g/mol. The van der Waals surface area contributed by atoms with Crippen LogP contribution in [-0.4, -0.2) is 73.5 Å². The maximum atomic E-state index is 13.7. The Hall–Kier alpha value is -2.66. The lowest BCUT2D eigenvalue weighted by Gasteiger charge is -2.34. The fraction of sp³-hybridized carbons (Fsp3) is 0.690. The number of hydrogen-bond donors (Lipinski definition) is 3. The zero-order valence-electron chi connectivity index (χ0n) is 24.4. The van der Waals surface area contributed by atoms with Gasteiger partial charge in [-0.1, -0.05) is 32.0 Å². The first kappa shape index (κ1) is 33.5. The minimum atomic E-state index is -4.48. The summed E-state index contributed by atoms with van der Waals surface area (Å²) in [4.78, 5) is 38.6. The summed E-state index contributed by atoms with van der Waals surface area (Å²) >= 11 is 0. The summed E-state index contributed by atoms with van der Waals surface area (Å²) in [7, 11) is 1.58. The van der Waals surface area contributed by atoms with Gasteiger partial charge in [-0.3, -0.25) is 19.3 Å². The number of carbonyl (C=O) groups excluding carboxylic acids is 3. The largest absolute Gasteiger partial charge is 0.493 e. The van der Waals surface area contributed by atoms with Crippen molar-refractivity contribution < 1.29 is 32.3 Å². The third kappa shape index (κ3) is 10.1. The van der Waals surface area contributed by atoms with Crippen LogP contribution >= 0.6 is 0 Å². The van der Waals surface area contributed by atoms with Crippen LogP contribution in [0.3, 0.4) is 0 Å². The van der Waals surface area contributed by atoms with Crippen LogP contribution in [-0.2, 0) is 14.4 Å². The van der Waals surface area contributed by atoms with E-state index in [1.807, 2.05) is 38.1 Å². The molecule has 1 aliphatic heterocycles. The highest BCUT2D eigenvalue weighted by Crippen LogP contribution is 2.32. The van der Waals surface area contributed by atoms with Gasteiger partial charge in [-0.25, -0.2) is 0 Å². The number of likely N-dealkylation sites (N-methyl/N-ethyl adjacent to an activating group) is 1. The van der Waals surface area contributed by atoms with Gasteiger partial charge in [0.05, 0.1) is 24.7 Å². The van der Waals surface area contributed by atoms with E-state index in [1.165, 1.54) is 11.8 Å². The second-order valence-electron chi connectivity index (χ2n) is 11.0. The van der Waals surface area contributed by atoms with Crippen molar-refractivity contribution in [3.63, 3.8) is 0 Å². The molecule has 0 bridgehead atoms. The number of carbonyl (C=O) groups is 3. The van der Waals surface area contributed by atoms with E-state index in [2.05, 4.69) is 16.0 Å². The van der Waals surface area contributed by atoms with E-state index >= 15 is 0 Å². The fourth-order valence-electron chi connectivity index (χ4n) is 4.59. The van der Waals surface area contributed by atoms with E-state index in [0.29, 0.717) is 32.3 Å². The molecule has 1 aliphatic rings. The second-order valence-corrected chi connectivity index (χ2v) is 11.0. The predicted molar refractivity (Wildman–Crippen MR) is 148 cm³/mol. The molecule has 0 aromatic heterocycles. The molecule has 0 saturated heterocycles. The minimum absolute atomic E-state index is 0.0525. The Bertz CT molecular complexity index is 990. The van der Waals surface area contributed by atoms with E-state index < -0.39 is 36.0 Å². The molecule has 0 saturated carbocycles. The molecule has 1 aromatic rings. The minimum Gasteiger partial charge on any atom is -0.493 e. The van der Waals surface area contributed by atoms with Crippen molar-refractivity contribution in [1.82, 2.24) is 20.9 Å². The maximum absolute atomic E-state index is 13.7. The van der Waals surface area contributed by atoms with Gasteiger partial charge in [0.25, 0.3) is 0 Å². The number of nitrogens with zero attached hydrogens (tertiary/aromatic N) is 1. The molecule has 6 atom stereocenters. The van der Waals surface area contributed by atoms with Crippen LogP contribution in [0.2, 0.25) is 0 Å². The molecule has 2 amide bonds. The Labute approximate surface area is 235 Å². The summed E-state index contributed by atoms with van der Waals surface area (Å²) in [6.07, 6.45) is -2.08. The summed E-state index contributed by atoms with van der Waals surface area (Å²) in [5.74, 6) is -0.341. The lowest BCUT2D eigenvalue weighted by molar-refractivity contribution is -0.180. The van der Waals surface area contributed by atoms with Crippen LogP contribution in [0.1, 0.15) is 71.9 Å². The number of alkyl halides is 3. The molecule has 3 N–H and O–H groups in total. The van der Waals surface area contributed by atoms with Gasteiger partial charge in [0.15, 0.2) is 5.78 Å². The van der Waals surface area contributed by atoms with Gasteiger partial charge >= 0.3 is 6.18 Å². The molecule has 2 rings (SSSR count). The highest BCUT2D eigenvalue weighted by molar-refractivity contribution is 5.89. The average Bonchev–Trinajstić information content (AvgIpc) is 2.91. The smallest absolute Gasteiger partial charge is 0.403 e. The van der Waals surface area contributed by atoms with Crippen molar-refractivity contribution in [1.29, 1.82) is 0 Å². The summed E-state index contributed by atoms with van der Waals surface area (Å²) in [5.41, 5.74) is 0.960. The number of rotatable bonds is 15. The molecule has 8 nitrogen and oxygen atoms in total. The number of ketones is 1. The Morgan fingerprint density at radius 2 is 1.73 bits per heavy atom. The Kier molecular flexibility index (Phi) is 12.9. The van der Waals surface area contributed by atoms with E-state index in [-0.39, 0.29) is 36.9 Å². The van der Waals surface area contributed by atoms with Crippen LogP contribution in [0.25, 0.3) is 0 Å². The van der Waals surface area contributed by atoms with Gasteiger partial charge in [-0.2, -0.15) is 13.2 Å². The Balaban J connectivity index is 1.93. The van der Waals surface area contributed by atoms with Crippen molar-refractivity contribution in [3.8, 4) is 5.75 Å². The molecule has 0 spiro atoms. The molecule has 40 heavy (non-hydrogen) atoms. The lowest BCUT2D eigenvalue weighted by atomic mass is 9.94. The number of Topliss-reactive ketones (excluding diaryl/α,β-unsaturated/α-hetero) is 1. The number of benzene rings is 1. The van der Waals surface area contributed by atoms with E-state index in [4.69, 9.17) is 4.74 Å². The first-order valence-electron chi connectivity index (χ1n) is 14.1. The van der Waals surface area contributed by atoms with Crippen LogP contribution in [0.5, 0.6) is 5.75 Å². The van der Waals surface area contributed by atoms with Gasteiger partial charge < -0.3 is 20.7 Å². The molecular weight excluding hydrogens is 525 g/mol. The highest BCUT2D eigenvalue weighted by Gasteiger charge is 2.41. The molecular formula is C29H45F3N4O4. The molecule has 0 radical (unpaired) electrons. The molecule has 0 fully saturated rings. The van der Waals surface area contributed by atoms with Crippen molar-refractivity contribution >= 4 is 17.6 Å². The number of para-hydroxylation sites is 1. The molecule has 1 unspecified atom stereocenters. The van der Waals surface area contributed by atoms with Crippen molar-refractivity contribution in [2.45, 2.75) is 90.6 Å². The van der Waals surface area contributed by atoms with Crippen molar-refractivity contribution in [3.05, 3.63) is 29.8 Å². The zero-order chi connectivity index (χ0) is 30.0. The molecule has 11 heteroatoms. The average molecular weight is 571 g/mol. The zero-order valence-corrected chi connectivity index (χ0v) is 24.4. The first-order valence-corrected chi connectivity index (χ1v) is 14.1. The van der Waals surface area contributed by atoms with Crippen LogP contribution in [0.15, 0.2) is 24.3 Å². The number of amides is 2. The topological polar surface area (TPSA) is 99.8 Å². The van der Waals surface area contributed by atoms with Gasteiger partial charge in [-0.15, -0.1) is 0 Å². The van der Waals surface area contributed by atoms with Crippen molar-refractivity contribution in [2.24, 2.45) is 11.8 Å². The molecule has 1 heterocycles. The first-order chi connectivity index (χ1) is 18.7. The summed E-state index contributed by atoms with van der Waals surface area (Å²) < 4.78 is 46.7. The van der Waals surface area contributed by atoms with Crippen molar-refractivity contribution in [2.75, 3.05) is 26.7 Å². The number of fused-ring (bicyclic) bond motifs is 1. The van der Waals surface area contributed by atoms with Crippen LogP contribution in [0.4, 0.5) is 13.2 Å². The number of nitrogens with one attached hydrogen (secondary N) is 3. The number of ether oxygens (including phenoxy) is 1. The summed E-state index contributed by atoms with van der Waals surface area (Å²) in [6, 6.07) is 4.10. The highest BCUT2D eigenvalue weighted by atomic mass is 19.4. The van der Waals surface area contributed by atoms with E-state index in [1.54, 1.807) is 14.0 Å². The quantitative estimate of drug-likeness (QED) is 0.295. The van der Waals surface area contributed by atoms with Crippen LogP contribution in [0, 0.1) is 11.8 Å². The Morgan fingerprint density at radius 1 is 1.05 bits per heavy atom. The van der Waals surface area contributed by atoms with Crippen LogP contribution < -0.4 is 20.7 Å². The van der Waals surface area contributed by atoms with E-state index in [0.717, 1.165) is 18.2 Å². The van der Waals surface area contributed by atoms with Gasteiger partial charge in [0, 0.05) is 24.4 Å². The normalized spacial score (nSPS) is 19.0. The summed E-state index contributed by atoms with van der Waals surface area (Å²) in [5, 5.41) is 8.45. The number of halogens is 3. The second kappa shape index (κ2) is 15.4. The molecule has 1 aromatic carbocycles. The standard InChI is InChI=1S/C29H45F3N4O4/c1-18(11-12-19(2)27(38)34-24-14-16-40-26-10-8-7-9-23(24)26)13-15-36(22(5)29(30,31)32)17-25(21(4)37)35-28(39)20(3)33-6/h7-10,18-20,22,24-25,33H,11-17H2,1-6H3,(H,34,38)(H,35,39)/t18-,19+,20+,22?,24-,25+/m1/s1. The summed E-state index contributed by atoms with van der Waals surface area (Å²) in [6.45, 7) is 8.14. The van der Waals surface area contributed by atoms with Gasteiger partial charge in [0.1, 0.15) is 11.8 Å².